The number of nitrogens with one attached hydrogen (secondary N) is 2. The lowest BCUT2D eigenvalue weighted by Gasteiger charge is -2.09. The van der Waals surface area contributed by atoms with Gasteiger partial charge in [-0.1, -0.05) is 30.3 Å². The quantitative estimate of drug-likeness (QED) is 0.802. The highest BCUT2D eigenvalue weighted by Gasteiger charge is 2.04. The van der Waals surface area contributed by atoms with E-state index in [-0.39, 0.29) is 6.03 Å². The molecule has 0 aliphatic carbocycles. The van der Waals surface area contributed by atoms with Crippen LogP contribution in [0.15, 0.2) is 48.5 Å². The molecule has 0 saturated carbocycles. The molecule has 2 rings (SSSR count). The van der Waals surface area contributed by atoms with Gasteiger partial charge in [0.05, 0.1) is 6.10 Å². The number of benzene rings is 2. The van der Waals surface area contributed by atoms with Gasteiger partial charge in [0.2, 0.25) is 0 Å². The van der Waals surface area contributed by atoms with Crippen molar-refractivity contribution in [2.24, 2.45) is 0 Å². The Labute approximate surface area is 118 Å². The fraction of sp³-hybridized carbons (Fsp3) is 0.188. The molecule has 4 nitrogen and oxygen atoms in total. The number of aliphatic hydroxyl groups is 1. The van der Waals surface area contributed by atoms with Gasteiger partial charge in [0.15, 0.2) is 0 Å². The molecule has 0 radical (unpaired) electrons. The van der Waals surface area contributed by atoms with Gasteiger partial charge in [-0.2, -0.15) is 0 Å². The number of amides is 2. The summed E-state index contributed by atoms with van der Waals surface area (Å²) in [7, 11) is 1.57. The Morgan fingerprint density at radius 2 is 1.80 bits per heavy atom. The Hall–Kier alpha value is -2.33. The molecule has 2 aromatic rings. The summed E-state index contributed by atoms with van der Waals surface area (Å²) in [5.41, 5.74) is 3.69. The minimum Gasteiger partial charge on any atom is -0.389 e. The molecule has 104 valence electrons. The third kappa shape index (κ3) is 3.36. The van der Waals surface area contributed by atoms with Gasteiger partial charge in [0.1, 0.15) is 0 Å². The average molecular weight is 270 g/mol. The number of carbonyl (C=O) groups is 1. The van der Waals surface area contributed by atoms with Crippen molar-refractivity contribution in [3.05, 3.63) is 54.1 Å². The van der Waals surface area contributed by atoms with E-state index in [1.807, 2.05) is 48.5 Å². The summed E-state index contributed by atoms with van der Waals surface area (Å²) in [6.45, 7) is 1.75. The Kier molecular flexibility index (Phi) is 4.38. The van der Waals surface area contributed by atoms with Crippen LogP contribution in [0.1, 0.15) is 18.6 Å². The monoisotopic (exact) mass is 270 g/mol. The van der Waals surface area contributed by atoms with E-state index in [4.69, 9.17) is 0 Å². The molecule has 2 aromatic carbocycles. The Bertz CT molecular complexity index is 592. The van der Waals surface area contributed by atoms with Crippen LogP contribution < -0.4 is 10.6 Å². The maximum Gasteiger partial charge on any atom is 0.318 e. The summed E-state index contributed by atoms with van der Waals surface area (Å²) in [4.78, 5) is 11.2. The average Bonchev–Trinajstić information content (AvgIpc) is 2.48. The maximum atomic E-state index is 11.2. The molecule has 0 spiro atoms. The van der Waals surface area contributed by atoms with Crippen LogP contribution in [0.5, 0.6) is 0 Å². The Balaban J connectivity index is 2.21. The predicted molar refractivity (Wildman–Crippen MR) is 80.6 cm³/mol. The third-order valence-corrected chi connectivity index (χ3v) is 3.07. The largest absolute Gasteiger partial charge is 0.389 e. The first-order valence-corrected chi connectivity index (χ1v) is 6.47. The molecule has 0 heterocycles. The zero-order valence-corrected chi connectivity index (χ0v) is 11.6. The molecule has 0 bridgehead atoms. The SMILES string of the molecule is CNC(=O)Nc1ccc(-c2cccc([C@H](C)O)c2)cc1. The van der Waals surface area contributed by atoms with E-state index in [9.17, 15) is 9.90 Å². The van der Waals surface area contributed by atoms with Gasteiger partial charge >= 0.3 is 6.03 Å². The normalized spacial score (nSPS) is 11.8. The second kappa shape index (κ2) is 6.21. The van der Waals surface area contributed by atoms with Crippen molar-refractivity contribution >= 4 is 11.7 Å². The summed E-state index contributed by atoms with van der Waals surface area (Å²) < 4.78 is 0. The number of aliphatic hydroxyl groups excluding tert-OH is 1. The molecule has 3 N–H and O–H groups in total. The van der Waals surface area contributed by atoms with Crippen LogP contribution in [0.4, 0.5) is 10.5 Å². The van der Waals surface area contributed by atoms with Gasteiger partial charge < -0.3 is 15.7 Å². The zero-order valence-electron chi connectivity index (χ0n) is 11.6. The molecule has 0 aliphatic rings. The fourth-order valence-electron chi connectivity index (χ4n) is 1.92. The van der Waals surface area contributed by atoms with Gasteiger partial charge in [-0.15, -0.1) is 0 Å². The Morgan fingerprint density at radius 1 is 1.10 bits per heavy atom. The fourth-order valence-corrected chi connectivity index (χ4v) is 1.92. The molecule has 0 saturated heterocycles. The molecular formula is C16H18N2O2. The second-order valence-electron chi connectivity index (χ2n) is 4.58. The zero-order chi connectivity index (χ0) is 14.5. The highest BCUT2D eigenvalue weighted by molar-refractivity contribution is 5.89. The van der Waals surface area contributed by atoms with E-state index in [2.05, 4.69) is 10.6 Å². The van der Waals surface area contributed by atoms with Gasteiger partial charge in [-0.25, -0.2) is 4.79 Å². The van der Waals surface area contributed by atoms with Crippen molar-refractivity contribution in [1.29, 1.82) is 0 Å². The van der Waals surface area contributed by atoms with Crippen molar-refractivity contribution in [1.82, 2.24) is 5.32 Å². The van der Waals surface area contributed by atoms with Crippen LogP contribution in [0.2, 0.25) is 0 Å². The highest BCUT2D eigenvalue weighted by Crippen LogP contribution is 2.24. The molecule has 0 aliphatic heterocycles. The first kappa shape index (κ1) is 14.1. The van der Waals surface area contributed by atoms with Crippen molar-refractivity contribution in [2.45, 2.75) is 13.0 Å². The lowest BCUT2D eigenvalue weighted by atomic mass is 10.0. The van der Waals surface area contributed by atoms with Crippen molar-refractivity contribution in [3.8, 4) is 11.1 Å². The van der Waals surface area contributed by atoms with Gasteiger partial charge in [0.25, 0.3) is 0 Å². The standard InChI is InChI=1S/C16H18N2O2/c1-11(19)13-4-3-5-14(10-13)12-6-8-15(9-7-12)18-16(20)17-2/h3-11,19H,1-2H3,(H2,17,18,20)/t11-/m0/s1. The molecule has 4 heteroatoms. The number of carbonyl (C=O) groups excluding carboxylic acids is 1. The Morgan fingerprint density at radius 3 is 2.40 bits per heavy atom. The van der Waals surface area contributed by atoms with E-state index in [1.165, 1.54) is 0 Å². The molecule has 0 unspecified atom stereocenters. The molecule has 0 aromatic heterocycles. The predicted octanol–water partition coefficient (Wildman–Crippen LogP) is 3.16. The van der Waals surface area contributed by atoms with Crippen molar-refractivity contribution < 1.29 is 9.90 Å². The maximum absolute atomic E-state index is 11.2. The molecule has 0 fully saturated rings. The van der Waals surface area contributed by atoms with Gasteiger partial charge in [-0.05, 0) is 41.8 Å². The number of urea groups is 1. The van der Waals surface area contributed by atoms with Crippen LogP contribution in [0.25, 0.3) is 11.1 Å². The van der Waals surface area contributed by atoms with Crippen LogP contribution in [-0.2, 0) is 0 Å². The summed E-state index contributed by atoms with van der Waals surface area (Å²) >= 11 is 0. The number of hydrogen-bond acceptors (Lipinski definition) is 2. The minimum absolute atomic E-state index is 0.242. The van der Waals surface area contributed by atoms with E-state index in [0.717, 1.165) is 22.4 Å². The summed E-state index contributed by atoms with van der Waals surface area (Å²) in [6, 6.07) is 15.1. The van der Waals surface area contributed by atoms with Crippen LogP contribution in [0.3, 0.4) is 0 Å². The first-order valence-electron chi connectivity index (χ1n) is 6.47. The molecular weight excluding hydrogens is 252 g/mol. The van der Waals surface area contributed by atoms with Gasteiger partial charge in [0, 0.05) is 12.7 Å². The lowest BCUT2D eigenvalue weighted by Crippen LogP contribution is -2.24. The molecule has 1 atom stereocenters. The molecule has 20 heavy (non-hydrogen) atoms. The summed E-state index contributed by atoms with van der Waals surface area (Å²) in [5.74, 6) is 0. The third-order valence-electron chi connectivity index (χ3n) is 3.07. The minimum atomic E-state index is -0.482. The molecule has 2 amide bonds. The topological polar surface area (TPSA) is 61.4 Å². The van der Waals surface area contributed by atoms with Gasteiger partial charge in [-0.3, -0.25) is 0 Å². The second-order valence-corrected chi connectivity index (χ2v) is 4.58. The van der Waals surface area contributed by atoms with Crippen LogP contribution in [0, 0.1) is 0 Å². The van der Waals surface area contributed by atoms with E-state index >= 15 is 0 Å². The highest BCUT2D eigenvalue weighted by atomic mass is 16.3. The van der Waals surface area contributed by atoms with Crippen LogP contribution in [-0.4, -0.2) is 18.2 Å². The summed E-state index contributed by atoms with van der Waals surface area (Å²) in [5, 5.41) is 14.8. The summed E-state index contributed by atoms with van der Waals surface area (Å²) in [6.07, 6.45) is -0.482. The number of anilines is 1. The van der Waals surface area contributed by atoms with E-state index in [0.29, 0.717) is 0 Å². The van der Waals surface area contributed by atoms with Crippen molar-refractivity contribution in [2.75, 3.05) is 12.4 Å². The smallest absolute Gasteiger partial charge is 0.318 e. The van der Waals surface area contributed by atoms with E-state index < -0.39 is 6.10 Å². The first-order chi connectivity index (χ1) is 9.60. The van der Waals surface area contributed by atoms with E-state index in [1.54, 1.807) is 14.0 Å². The van der Waals surface area contributed by atoms with Crippen molar-refractivity contribution in [3.63, 3.8) is 0 Å². The van der Waals surface area contributed by atoms with Crippen LogP contribution >= 0.6 is 0 Å². The lowest BCUT2D eigenvalue weighted by molar-refractivity contribution is 0.199. The number of hydrogen-bond donors (Lipinski definition) is 3. The number of rotatable bonds is 3.